The molecule has 2 rings (SSSR count). The Labute approximate surface area is 91.5 Å². The van der Waals surface area contributed by atoms with E-state index in [1.807, 2.05) is 6.92 Å². The zero-order chi connectivity index (χ0) is 10.8. The molecule has 0 bridgehead atoms. The first-order valence-corrected chi connectivity index (χ1v) is 4.96. The van der Waals surface area contributed by atoms with Crippen molar-refractivity contribution in [1.82, 2.24) is 14.8 Å². The lowest BCUT2D eigenvalue weighted by Gasteiger charge is -2.06. The first-order valence-electron chi connectivity index (χ1n) is 4.58. The van der Waals surface area contributed by atoms with Crippen LogP contribution in [0.4, 0.5) is 4.39 Å². The maximum atomic E-state index is 13.5. The highest BCUT2D eigenvalue weighted by molar-refractivity contribution is 6.28. The first kappa shape index (κ1) is 10.1. The van der Waals surface area contributed by atoms with Crippen molar-refractivity contribution < 1.29 is 4.39 Å². The van der Waals surface area contributed by atoms with Crippen molar-refractivity contribution in [3.05, 3.63) is 41.2 Å². The highest BCUT2D eigenvalue weighted by atomic mass is 35.5. The molecule has 0 aliphatic rings. The predicted molar refractivity (Wildman–Crippen MR) is 55.7 cm³/mol. The number of nitrogens with zero attached hydrogens (tertiary/aromatic N) is 3. The number of hydrogen-bond donors (Lipinski definition) is 0. The summed E-state index contributed by atoms with van der Waals surface area (Å²) in [5.74, 6) is 0.305. The van der Waals surface area contributed by atoms with Gasteiger partial charge >= 0.3 is 0 Å². The van der Waals surface area contributed by atoms with Gasteiger partial charge in [0.15, 0.2) is 0 Å². The van der Waals surface area contributed by atoms with Crippen molar-refractivity contribution >= 4 is 11.6 Å². The molecule has 1 aromatic carbocycles. The summed E-state index contributed by atoms with van der Waals surface area (Å²) >= 11 is 5.85. The standard InChI is InChI=1S/C10H9ClFN3/c1-2-9-13-14-10(11)15(9)8-6-4-3-5-7(8)12/h3-6H,2H2,1H3. The normalized spacial score (nSPS) is 10.6. The SMILES string of the molecule is CCc1nnc(Cl)n1-c1ccccc1F. The average Bonchev–Trinajstić information content (AvgIpc) is 2.60. The van der Waals surface area contributed by atoms with E-state index < -0.39 is 0 Å². The van der Waals surface area contributed by atoms with Crippen LogP contribution in [-0.2, 0) is 6.42 Å². The molecule has 0 fully saturated rings. The fourth-order valence-corrected chi connectivity index (χ4v) is 1.62. The maximum Gasteiger partial charge on any atom is 0.229 e. The molecule has 0 aliphatic heterocycles. The number of rotatable bonds is 2. The highest BCUT2D eigenvalue weighted by Gasteiger charge is 2.13. The molecule has 1 aromatic heterocycles. The maximum absolute atomic E-state index is 13.5. The Morgan fingerprint density at radius 2 is 2.07 bits per heavy atom. The van der Waals surface area contributed by atoms with Gasteiger partial charge in [-0.15, -0.1) is 10.2 Å². The number of halogens is 2. The molecule has 0 atom stereocenters. The van der Waals surface area contributed by atoms with Crippen LogP contribution in [0.3, 0.4) is 0 Å². The Kier molecular flexibility index (Phi) is 2.68. The van der Waals surface area contributed by atoms with Crippen LogP contribution in [0.15, 0.2) is 24.3 Å². The fourth-order valence-electron chi connectivity index (χ4n) is 1.40. The average molecular weight is 226 g/mol. The highest BCUT2D eigenvalue weighted by Crippen LogP contribution is 2.19. The van der Waals surface area contributed by atoms with Crippen molar-refractivity contribution in [2.24, 2.45) is 0 Å². The van der Waals surface area contributed by atoms with Crippen LogP contribution in [0.25, 0.3) is 5.69 Å². The molecular formula is C10H9ClFN3. The summed E-state index contributed by atoms with van der Waals surface area (Å²) in [4.78, 5) is 0. The van der Waals surface area contributed by atoms with E-state index in [4.69, 9.17) is 11.6 Å². The molecule has 0 unspecified atom stereocenters. The van der Waals surface area contributed by atoms with Crippen molar-refractivity contribution in [2.45, 2.75) is 13.3 Å². The van der Waals surface area contributed by atoms with Gasteiger partial charge in [-0.2, -0.15) is 0 Å². The number of aryl methyl sites for hydroxylation is 1. The number of hydrogen-bond acceptors (Lipinski definition) is 2. The van der Waals surface area contributed by atoms with Gasteiger partial charge in [0.25, 0.3) is 0 Å². The third kappa shape index (κ3) is 1.72. The van der Waals surface area contributed by atoms with Crippen LogP contribution in [0.2, 0.25) is 5.28 Å². The molecular weight excluding hydrogens is 217 g/mol. The molecule has 78 valence electrons. The quantitative estimate of drug-likeness (QED) is 0.787. The van der Waals surface area contributed by atoms with Gasteiger partial charge in [0.1, 0.15) is 11.6 Å². The van der Waals surface area contributed by atoms with E-state index in [-0.39, 0.29) is 11.1 Å². The van der Waals surface area contributed by atoms with Gasteiger partial charge in [0.05, 0.1) is 5.69 Å². The van der Waals surface area contributed by atoms with Crippen LogP contribution < -0.4 is 0 Å². The molecule has 0 aliphatic carbocycles. The van der Waals surface area contributed by atoms with Gasteiger partial charge in [-0.3, -0.25) is 4.57 Å². The van der Waals surface area contributed by atoms with Gasteiger partial charge in [-0.05, 0) is 23.7 Å². The summed E-state index contributed by atoms with van der Waals surface area (Å²) in [5.41, 5.74) is 0.379. The minimum atomic E-state index is -0.339. The van der Waals surface area contributed by atoms with Crippen molar-refractivity contribution in [3.8, 4) is 5.69 Å². The third-order valence-electron chi connectivity index (χ3n) is 2.10. The topological polar surface area (TPSA) is 30.7 Å². The van der Waals surface area contributed by atoms with E-state index in [1.165, 1.54) is 10.6 Å². The molecule has 0 saturated heterocycles. The van der Waals surface area contributed by atoms with E-state index in [0.29, 0.717) is 17.9 Å². The zero-order valence-corrected chi connectivity index (χ0v) is 8.87. The lowest BCUT2D eigenvalue weighted by atomic mass is 10.3. The summed E-state index contributed by atoms with van der Waals surface area (Å²) in [6.07, 6.45) is 0.647. The molecule has 0 N–H and O–H groups in total. The van der Waals surface area contributed by atoms with E-state index in [1.54, 1.807) is 18.2 Å². The largest absolute Gasteiger partial charge is 0.267 e. The fraction of sp³-hybridized carbons (Fsp3) is 0.200. The Morgan fingerprint density at radius 3 is 2.73 bits per heavy atom. The van der Waals surface area contributed by atoms with Crippen molar-refractivity contribution in [1.29, 1.82) is 0 Å². The molecule has 5 heteroatoms. The number of aromatic nitrogens is 3. The van der Waals surface area contributed by atoms with Crippen LogP contribution >= 0.6 is 11.6 Å². The van der Waals surface area contributed by atoms with E-state index >= 15 is 0 Å². The van der Waals surface area contributed by atoms with Gasteiger partial charge in [-0.25, -0.2) is 4.39 Å². The summed E-state index contributed by atoms with van der Waals surface area (Å²) in [5, 5.41) is 7.76. The number of benzene rings is 1. The monoisotopic (exact) mass is 225 g/mol. The minimum Gasteiger partial charge on any atom is -0.267 e. The molecule has 3 nitrogen and oxygen atoms in total. The minimum absolute atomic E-state index is 0.178. The molecule has 2 aromatic rings. The summed E-state index contributed by atoms with van der Waals surface area (Å²) in [7, 11) is 0. The predicted octanol–water partition coefficient (Wildman–Crippen LogP) is 2.62. The van der Waals surface area contributed by atoms with Crippen LogP contribution in [-0.4, -0.2) is 14.8 Å². The molecule has 0 spiro atoms. The van der Waals surface area contributed by atoms with Gasteiger partial charge in [0, 0.05) is 6.42 Å². The lowest BCUT2D eigenvalue weighted by molar-refractivity contribution is 0.615. The Balaban J connectivity index is 2.63. The third-order valence-corrected chi connectivity index (χ3v) is 2.34. The molecule has 1 heterocycles. The second kappa shape index (κ2) is 3.98. The van der Waals surface area contributed by atoms with E-state index in [0.717, 1.165) is 0 Å². The van der Waals surface area contributed by atoms with Gasteiger partial charge in [-0.1, -0.05) is 19.1 Å². The molecule has 0 saturated carbocycles. The summed E-state index contributed by atoms with van der Waals surface area (Å²) in [6.45, 7) is 1.91. The smallest absolute Gasteiger partial charge is 0.229 e. The molecule has 0 amide bonds. The second-order valence-electron chi connectivity index (χ2n) is 3.03. The first-order chi connectivity index (χ1) is 7.24. The van der Waals surface area contributed by atoms with Crippen LogP contribution in [0, 0.1) is 5.82 Å². The molecule has 0 radical (unpaired) electrons. The molecule has 15 heavy (non-hydrogen) atoms. The Morgan fingerprint density at radius 1 is 1.33 bits per heavy atom. The van der Waals surface area contributed by atoms with Crippen LogP contribution in [0.5, 0.6) is 0 Å². The van der Waals surface area contributed by atoms with Crippen molar-refractivity contribution in [3.63, 3.8) is 0 Å². The second-order valence-corrected chi connectivity index (χ2v) is 3.36. The van der Waals surface area contributed by atoms with Crippen molar-refractivity contribution in [2.75, 3.05) is 0 Å². The van der Waals surface area contributed by atoms with Gasteiger partial charge in [0.2, 0.25) is 5.28 Å². The lowest BCUT2D eigenvalue weighted by Crippen LogP contribution is -2.02. The summed E-state index contributed by atoms with van der Waals surface area (Å²) in [6, 6.07) is 6.39. The van der Waals surface area contributed by atoms with Gasteiger partial charge < -0.3 is 0 Å². The Bertz CT molecular complexity index is 481. The van der Waals surface area contributed by atoms with E-state index in [9.17, 15) is 4.39 Å². The Hall–Kier alpha value is -1.42. The van der Waals surface area contributed by atoms with E-state index in [2.05, 4.69) is 10.2 Å². The zero-order valence-electron chi connectivity index (χ0n) is 8.11. The summed E-state index contributed by atoms with van der Waals surface area (Å²) < 4.78 is 15.0. The van der Waals surface area contributed by atoms with Crippen LogP contribution in [0.1, 0.15) is 12.7 Å². The number of para-hydroxylation sites is 1.